The number of rotatable bonds is 4. The van der Waals surface area contributed by atoms with Gasteiger partial charge in [0, 0.05) is 25.7 Å². The van der Waals surface area contributed by atoms with Crippen molar-refractivity contribution in [1.82, 2.24) is 15.1 Å². The molecular weight excluding hydrogens is 331 g/mol. The molecule has 1 saturated heterocycles. The molecule has 0 radical (unpaired) electrons. The van der Waals surface area contributed by atoms with Gasteiger partial charge in [0.1, 0.15) is 0 Å². The molecule has 1 atom stereocenters. The van der Waals surface area contributed by atoms with Crippen LogP contribution in [0.25, 0.3) is 0 Å². The fourth-order valence-electron chi connectivity index (χ4n) is 3.08. The fourth-order valence-corrected chi connectivity index (χ4v) is 3.08. The summed E-state index contributed by atoms with van der Waals surface area (Å²) in [7, 11) is 4.12. The maximum absolute atomic E-state index is 12.5. The van der Waals surface area contributed by atoms with E-state index in [1.54, 1.807) is 0 Å². The van der Waals surface area contributed by atoms with Crippen molar-refractivity contribution in [3.05, 3.63) is 35.4 Å². The maximum Gasteiger partial charge on any atom is 0.416 e. The Balaban J connectivity index is 1.76. The minimum atomic E-state index is -4.32. The van der Waals surface area contributed by atoms with Crippen molar-refractivity contribution < 1.29 is 18.0 Å². The van der Waals surface area contributed by atoms with E-state index in [-0.39, 0.29) is 6.03 Å². The Bertz CT molecular complexity index is 558. The largest absolute Gasteiger partial charge is 0.416 e. The number of urea groups is 1. The van der Waals surface area contributed by atoms with Crippen LogP contribution in [0.15, 0.2) is 24.3 Å². The van der Waals surface area contributed by atoms with Crippen LogP contribution in [-0.2, 0) is 12.6 Å². The van der Waals surface area contributed by atoms with Crippen LogP contribution >= 0.6 is 0 Å². The summed E-state index contributed by atoms with van der Waals surface area (Å²) in [5.74, 6) is 0. The van der Waals surface area contributed by atoms with E-state index < -0.39 is 11.7 Å². The maximum atomic E-state index is 12.5. The van der Waals surface area contributed by atoms with Crippen molar-refractivity contribution in [1.29, 1.82) is 0 Å². The van der Waals surface area contributed by atoms with Crippen molar-refractivity contribution in [2.45, 2.75) is 37.9 Å². The Morgan fingerprint density at radius 3 is 2.48 bits per heavy atom. The fraction of sp³-hybridized carbons (Fsp3) is 0.611. The van der Waals surface area contributed by atoms with Gasteiger partial charge in [-0.25, -0.2) is 4.79 Å². The third kappa shape index (κ3) is 5.92. The number of carbonyl (C=O) groups is 1. The zero-order valence-electron chi connectivity index (χ0n) is 14.8. The number of likely N-dealkylation sites (tertiary alicyclic amines) is 1. The second-order valence-electron chi connectivity index (χ2n) is 6.71. The summed E-state index contributed by atoms with van der Waals surface area (Å²) in [4.78, 5) is 16.3. The number of benzene rings is 1. The second kappa shape index (κ2) is 8.56. The number of nitrogens with zero attached hydrogens (tertiary/aromatic N) is 2. The van der Waals surface area contributed by atoms with E-state index in [4.69, 9.17) is 0 Å². The van der Waals surface area contributed by atoms with Crippen molar-refractivity contribution >= 4 is 6.03 Å². The molecule has 1 aliphatic heterocycles. The van der Waals surface area contributed by atoms with Gasteiger partial charge in [-0.05, 0) is 57.5 Å². The highest BCUT2D eigenvalue weighted by molar-refractivity contribution is 5.74. The molecule has 1 aromatic rings. The van der Waals surface area contributed by atoms with Crippen molar-refractivity contribution in [3.63, 3.8) is 0 Å². The van der Waals surface area contributed by atoms with Gasteiger partial charge in [-0.2, -0.15) is 13.2 Å². The van der Waals surface area contributed by atoms with Crippen molar-refractivity contribution in [2.24, 2.45) is 0 Å². The zero-order chi connectivity index (χ0) is 18.4. The predicted octanol–water partition coefficient (Wildman–Crippen LogP) is 3.37. The quantitative estimate of drug-likeness (QED) is 0.897. The molecule has 7 heteroatoms. The van der Waals surface area contributed by atoms with Gasteiger partial charge >= 0.3 is 12.2 Å². The van der Waals surface area contributed by atoms with Crippen LogP contribution in [0.4, 0.5) is 18.0 Å². The number of carbonyl (C=O) groups excluding carboxylic acids is 1. The molecule has 1 fully saturated rings. The number of amides is 2. The smallest absolute Gasteiger partial charge is 0.338 e. The second-order valence-corrected chi connectivity index (χ2v) is 6.71. The van der Waals surface area contributed by atoms with Crippen molar-refractivity contribution in [3.8, 4) is 0 Å². The Hall–Kier alpha value is -1.76. The molecule has 4 nitrogen and oxygen atoms in total. The van der Waals surface area contributed by atoms with E-state index >= 15 is 0 Å². The molecule has 0 bridgehead atoms. The Kier molecular flexibility index (Phi) is 6.70. The monoisotopic (exact) mass is 357 g/mol. The van der Waals surface area contributed by atoms with E-state index in [1.807, 2.05) is 4.90 Å². The van der Waals surface area contributed by atoms with Crippen LogP contribution < -0.4 is 5.32 Å². The average Bonchev–Trinajstić information content (AvgIpc) is 2.80. The molecule has 2 amide bonds. The molecule has 0 aliphatic carbocycles. The number of alkyl halides is 3. The first-order valence-corrected chi connectivity index (χ1v) is 8.62. The summed E-state index contributed by atoms with van der Waals surface area (Å²) in [5, 5.41) is 2.87. The van der Waals surface area contributed by atoms with Crippen LogP contribution in [0, 0.1) is 0 Å². The summed E-state index contributed by atoms with van der Waals surface area (Å²) < 4.78 is 37.6. The minimum Gasteiger partial charge on any atom is -0.338 e. The lowest BCUT2D eigenvalue weighted by molar-refractivity contribution is -0.137. The molecule has 25 heavy (non-hydrogen) atoms. The Morgan fingerprint density at radius 2 is 1.88 bits per heavy atom. The number of halogens is 3. The Labute approximate surface area is 147 Å². The zero-order valence-corrected chi connectivity index (χ0v) is 14.8. The third-order valence-electron chi connectivity index (χ3n) is 4.69. The van der Waals surface area contributed by atoms with Gasteiger partial charge in [-0.1, -0.05) is 12.1 Å². The molecular formula is C18H26F3N3O. The van der Waals surface area contributed by atoms with Crippen LogP contribution in [0.2, 0.25) is 0 Å². The van der Waals surface area contributed by atoms with Crippen LogP contribution in [0.1, 0.15) is 30.4 Å². The topological polar surface area (TPSA) is 35.6 Å². The summed E-state index contributed by atoms with van der Waals surface area (Å²) in [5.41, 5.74) is 0.122. The van der Waals surface area contributed by atoms with E-state index in [0.29, 0.717) is 19.0 Å². The summed E-state index contributed by atoms with van der Waals surface area (Å²) in [6, 6.07) is 5.49. The molecule has 1 heterocycles. The van der Waals surface area contributed by atoms with Crippen molar-refractivity contribution in [2.75, 3.05) is 33.7 Å². The lowest BCUT2D eigenvalue weighted by Gasteiger charge is -2.23. The minimum absolute atomic E-state index is 0.0914. The van der Waals surface area contributed by atoms with Gasteiger partial charge in [0.05, 0.1) is 5.56 Å². The van der Waals surface area contributed by atoms with E-state index in [1.165, 1.54) is 12.1 Å². The molecule has 1 aromatic carbocycles. The average molecular weight is 357 g/mol. The first-order chi connectivity index (χ1) is 11.8. The molecule has 1 N–H and O–H groups in total. The molecule has 140 valence electrons. The third-order valence-corrected chi connectivity index (χ3v) is 4.69. The molecule has 2 rings (SSSR count). The van der Waals surface area contributed by atoms with Crippen LogP contribution in [0.3, 0.4) is 0 Å². The predicted molar refractivity (Wildman–Crippen MR) is 91.4 cm³/mol. The van der Waals surface area contributed by atoms with Gasteiger partial charge in [-0.15, -0.1) is 0 Å². The highest BCUT2D eigenvalue weighted by atomic mass is 19.4. The molecule has 0 spiro atoms. The molecule has 0 unspecified atom stereocenters. The number of hydrogen-bond donors (Lipinski definition) is 1. The van der Waals surface area contributed by atoms with Gasteiger partial charge < -0.3 is 15.1 Å². The van der Waals surface area contributed by atoms with Crippen LogP contribution in [0.5, 0.6) is 0 Å². The van der Waals surface area contributed by atoms with E-state index in [9.17, 15) is 18.0 Å². The van der Waals surface area contributed by atoms with Gasteiger partial charge in [0.15, 0.2) is 0 Å². The number of hydrogen-bond acceptors (Lipinski definition) is 2. The van der Waals surface area contributed by atoms with Gasteiger partial charge in [0.2, 0.25) is 0 Å². The lowest BCUT2D eigenvalue weighted by atomic mass is 10.1. The highest BCUT2D eigenvalue weighted by Crippen LogP contribution is 2.29. The van der Waals surface area contributed by atoms with E-state index in [2.05, 4.69) is 24.3 Å². The summed E-state index contributed by atoms with van der Waals surface area (Å²) >= 11 is 0. The van der Waals surface area contributed by atoms with Gasteiger partial charge in [-0.3, -0.25) is 0 Å². The number of nitrogens with one attached hydrogen (secondary N) is 1. The first-order valence-electron chi connectivity index (χ1n) is 8.62. The lowest BCUT2D eigenvalue weighted by Crippen LogP contribution is -2.41. The van der Waals surface area contributed by atoms with Crippen LogP contribution in [-0.4, -0.2) is 55.6 Å². The first kappa shape index (κ1) is 19.6. The molecule has 0 saturated carbocycles. The standard InChI is InChI=1S/C18H26F3N3O/c1-23(2)16-4-3-12-24(13-10-16)17(25)22-11-9-14-5-7-15(8-6-14)18(19,20)21/h5-8,16H,3-4,9-13H2,1-2H3,(H,22,25)/t16-/m1/s1. The highest BCUT2D eigenvalue weighted by Gasteiger charge is 2.29. The Morgan fingerprint density at radius 1 is 1.20 bits per heavy atom. The molecule has 0 aromatic heterocycles. The summed E-state index contributed by atoms with van der Waals surface area (Å²) in [6.45, 7) is 1.89. The van der Waals surface area contributed by atoms with Gasteiger partial charge in [0.25, 0.3) is 0 Å². The summed E-state index contributed by atoms with van der Waals surface area (Å²) in [6.07, 6.45) is -0.779. The normalized spacial score (nSPS) is 19.0. The van der Waals surface area contributed by atoms with E-state index in [0.717, 1.165) is 50.0 Å². The SMILES string of the molecule is CN(C)[C@@H]1CCCN(C(=O)NCCc2ccc(C(F)(F)F)cc2)CC1. The molecule has 1 aliphatic rings.